The lowest BCUT2D eigenvalue weighted by Gasteiger charge is -2.25. The quantitative estimate of drug-likeness (QED) is 0.847. The van der Waals surface area contributed by atoms with Gasteiger partial charge in [0.05, 0.1) is 5.56 Å². The zero-order chi connectivity index (χ0) is 17.7. The summed E-state index contributed by atoms with van der Waals surface area (Å²) in [6.07, 6.45) is -0.839. The number of ether oxygens (including phenoxy) is 1. The van der Waals surface area contributed by atoms with Gasteiger partial charge in [-0.15, -0.1) is 0 Å². The average molecular weight is 343 g/mol. The first-order valence-corrected chi connectivity index (χ1v) is 7.92. The van der Waals surface area contributed by atoms with Gasteiger partial charge in [-0.25, -0.2) is 0 Å². The van der Waals surface area contributed by atoms with Crippen molar-refractivity contribution in [2.75, 3.05) is 0 Å². The van der Waals surface area contributed by atoms with Crippen molar-refractivity contribution in [1.29, 1.82) is 0 Å². The molecule has 0 heterocycles. The van der Waals surface area contributed by atoms with Crippen LogP contribution in [0, 0.1) is 0 Å². The van der Waals surface area contributed by atoms with Gasteiger partial charge in [-0.1, -0.05) is 31.4 Å². The Morgan fingerprint density at radius 3 is 2.21 bits per heavy atom. The molecule has 7 heteroatoms. The van der Waals surface area contributed by atoms with Crippen molar-refractivity contribution in [3.8, 4) is 0 Å². The summed E-state index contributed by atoms with van der Waals surface area (Å²) < 4.78 is 42.9. The first-order valence-electron chi connectivity index (χ1n) is 7.92. The van der Waals surface area contributed by atoms with Crippen molar-refractivity contribution in [3.05, 3.63) is 35.4 Å². The first kappa shape index (κ1) is 18.3. The Bertz CT molecular complexity index is 578. The number of hydrogen-bond acceptors (Lipinski definition) is 3. The molecule has 24 heavy (non-hydrogen) atoms. The van der Waals surface area contributed by atoms with Crippen LogP contribution in [-0.2, 0) is 20.5 Å². The lowest BCUT2D eigenvalue weighted by molar-refractivity contribution is -0.154. The largest absolute Gasteiger partial charge is 0.447 e. The molecule has 1 aromatic carbocycles. The molecule has 0 radical (unpaired) electrons. The summed E-state index contributed by atoms with van der Waals surface area (Å²) in [5, 5.41) is 2.83. The molecule has 0 bridgehead atoms. The third-order valence-corrected chi connectivity index (χ3v) is 4.01. The second-order valence-electron chi connectivity index (χ2n) is 5.95. The number of hydrogen-bond donors (Lipinski definition) is 1. The van der Waals surface area contributed by atoms with Crippen molar-refractivity contribution in [1.82, 2.24) is 5.32 Å². The van der Waals surface area contributed by atoms with Gasteiger partial charge in [0.15, 0.2) is 0 Å². The number of benzene rings is 1. The van der Waals surface area contributed by atoms with E-state index in [0.29, 0.717) is 0 Å². The maximum atomic E-state index is 12.6. The van der Waals surface area contributed by atoms with Crippen LogP contribution in [-0.4, -0.2) is 17.9 Å². The number of nitrogens with one attached hydrogen (secondary N) is 1. The van der Waals surface area contributed by atoms with E-state index in [9.17, 15) is 22.8 Å². The molecule has 0 aliphatic heterocycles. The van der Waals surface area contributed by atoms with Gasteiger partial charge in [-0.2, -0.15) is 13.2 Å². The monoisotopic (exact) mass is 343 g/mol. The van der Waals surface area contributed by atoms with Crippen molar-refractivity contribution in [2.24, 2.45) is 0 Å². The molecule has 1 amide bonds. The van der Waals surface area contributed by atoms with Crippen molar-refractivity contribution in [3.63, 3.8) is 0 Å². The van der Waals surface area contributed by atoms with E-state index in [1.54, 1.807) is 0 Å². The molecule has 1 fully saturated rings. The van der Waals surface area contributed by atoms with Crippen LogP contribution in [0.2, 0.25) is 0 Å². The second-order valence-corrected chi connectivity index (χ2v) is 5.95. The number of esters is 1. The third-order valence-electron chi connectivity index (χ3n) is 4.01. The minimum absolute atomic E-state index is 0.0127. The topological polar surface area (TPSA) is 55.4 Å². The van der Waals surface area contributed by atoms with Crippen LogP contribution in [0.15, 0.2) is 24.3 Å². The SMILES string of the molecule is CC(=O)O[C@H](C(=O)NC1CCCCC1)c1ccc(C(F)(F)F)cc1. The van der Waals surface area contributed by atoms with Crippen LogP contribution < -0.4 is 5.32 Å². The number of halogens is 3. The molecule has 0 unspecified atom stereocenters. The summed E-state index contributed by atoms with van der Waals surface area (Å²) in [4.78, 5) is 23.7. The summed E-state index contributed by atoms with van der Waals surface area (Å²) in [5.74, 6) is -1.17. The summed E-state index contributed by atoms with van der Waals surface area (Å²) >= 11 is 0. The Morgan fingerprint density at radius 1 is 1.12 bits per heavy atom. The number of carbonyl (C=O) groups is 2. The molecule has 2 rings (SSSR count). The molecular weight excluding hydrogens is 323 g/mol. The van der Waals surface area contributed by atoms with Crippen molar-refractivity contribution in [2.45, 2.75) is 57.3 Å². The Balaban J connectivity index is 2.14. The summed E-state index contributed by atoms with van der Waals surface area (Å²) in [6.45, 7) is 1.16. The maximum absolute atomic E-state index is 12.6. The molecule has 0 saturated heterocycles. The molecule has 1 aliphatic rings. The molecule has 1 aliphatic carbocycles. The normalized spacial score (nSPS) is 17.2. The van der Waals surface area contributed by atoms with Crippen molar-refractivity contribution < 1.29 is 27.5 Å². The van der Waals surface area contributed by atoms with Gasteiger partial charge < -0.3 is 10.1 Å². The Morgan fingerprint density at radius 2 is 1.71 bits per heavy atom. The summed E-state index contributed by atoms with van der Waals surface area (Å²) in [6, 6.07) is 4.09. The Labute approximate surface area is 138 Å². The lowest BCUT2D eigenvalue weighted by Crippen LogP contribution is -2.40. The molecule has 0 spiro atoms. The molecule has 132 valence electrons. The summed E-state index contributed by atoms with van der Waals surface area (Å²) in [5.41, 5.74) is -0.605. The van der Waals surface area contributed by atoms with E-state index in [4.69, 9.17) is 4.74 Å². The van der Waals surface area contributed by atoms with E-state index >= 15 is 0 Å². The van der Waals surface area contributed by atoms with E-state index in [0.717, 1.165) is 63.3 Å². The van der Waals surface area contributed by atoms with Crippen LogP contribution in [0.4, 0.5) is 13.2 Å². The highest BCUT2D eigenvalue weighted by molar-refractivity contribution is 5.84. The fraction of sp³-hybridized carbons (Fsp3) is 0.529. The average Bonchev–Trinajstić information content (AvgIpc) is 2.52. The van der Waals surface area contributed by atoms with E-state index in [2.05, 4.69) is 5.32 Å². The molecule has 4 nitrogen and oxygen atoms in total. The fourth-order valence-corrected chi connectivity index (χ4v) is 2.81. The fourth-order valence-electron chi connectivity index (χ4n) is 2.81. The van der Waals surface area contributed by atoms with Gasteiger partial charge in [0.1, 0.15) is 0 Å². The van der Waals surface area contributed by atoms with Gasteiger partial charge in [-0.05, 0) is 25.0 Å². The van der Waals surface area contributed by atoms with Crippen LogP contribution in [0.1, 0.15) is 56.3 Å². The molecule has 1 atom stereocenters. The smallest absolute Gasteiger partial charge is 0.416 e. The van der Waals surface area contributed by atoms with E-state index in [1.165, 1.54) is 0 Å². The summed E-state index contributed by atoms with van der Waals surface area (Å²) in [7, 11) is 0. The zero-order valence-electron chi connectivity index (χ0n) is 13.4. The van der Waals surface area contributed by atoms with Crippen LogP contribution in [0.5, 0.6) is 0 Å². The molecule has 1 N–H and O–H groups in total. The van der Waals surface area contributed by atoms with Gasteiger partial charge in [-0.3, -0.25) is 9.59 Å². The predicted molar refractivity (Wildman–Crippen MR) is 81.0 cm³/mol. The first-order chi connectivity index (χ1) is 11.3. The van der Waals surface area contributed by atoms with E-state index in [-0.39, 0.29) is 11.6 Å². The van der Waals surface area contributed by atoms with Gasteiger partial charge in [0.2, 0.25) is 6.10 Å². The van der Waals surface area contributed by atoms with E-state index < -0.39 is 29.7 Å². The number of rotatable bonds is 4. The highest BCUT2D eigenvalue weighted by atomic mass is 19.4. The Kier molecular flexibility index (Phi) is 5.85. The van der Waals surface area contributed by atoms with Gasteiger partial charge in [0.25, 0.3) is 5.91 Å². The molecular formula is C17H20F3NO3. The number of alkyl halides is 3. The standard InChI is InChI=1S/C17H20F3NO3/c1-11(22)24-15(16(23)21-14-5-3-2-4-6-14)12-7-9-13(10-8-12)17(18,19)20/h7-10,14-15H,2-6H2,1H3,(H,21,23)/t15-/m0/s1. The highest BCUT2D eigenvalue weighted by Crippen LogP contribution is 2.30. The number of amides is 1. The van der Waals surface area contributed by atoms with Crippen LogP contribution >= 0.6 is 0 Å². The molecule has 1 aromatic rings. The molecule has 1 saturated carbocycles. The van der Waals surface area contributed by atoms with E-state index in [1.807, 2.05) is 0 Å². The lowest BCUT2D eigenvalue weighted by atomic mass is 9.95. The minimum Gasteiger partial charge on any atom is -0.447 e. The minimum atomic E-state index is -4.46. The van der Waals surface area contributed by atoms with Crippen molar-refractivity contribution >= 4 is 11.9 Å². The second kappa shape index (κ2) is 7.68. The highest BCUT2D eigenvalue weighted by Gasteiger charge is 2.32. The van der Waals surface area contributed by atoms with Gasteiger partial charge >= 0.3 is 12.1 Å². The van der Waals surface area contributed by atoms with Crippen LogP contribution in [0.25, 0.3) is 0 Å². The Hall–Kier alpha value is -2.05. The third kappa shape index (κ3) is 4.97. The van der Waals surface area contributed by atoms with Crippen LogP contribution in [0.3, 0.4) is 0 Å². The number of carbonyl (C=O) groups excluding carboxylic acids is 2. The maximum Gasteiger partial charge on any atom is 0.416 e. The zero-order valence-corrected chi connectivity index (χ0v) is 13.4. The predicted octanol–water partition coefficient (Wildman–Crippen LogP) is 3.76. The molecule has 0 aromatic heterocycles. The van der Waals surface area contributed by atoms with Gasteiger partial charge in [0, 0.05) is 18.5 Å².